The lowest BCUT2D eigenvalue weighted by Gasteiger charge is -2.10. The molecular weight excluding hydrogens is 273 g/mol. The molecule has 110 valence electrons. The summed E-state index contributed by atoms with van der Waals surface area (Å²) in [6.45, 7) is 3.98. The van der Waals surface area contributed by atoms with E-state index >= 15 is 0 Å². The molecule has 1 aromatic carbocycles. The number of nitrogens with zero attached hydrogens (tertiary/aromatic N) is 1. The van der Waals surface area contributed by atoms with E-state index in [1.54, 1.807) is 36.7 Å². The average Bonchev–Trinajstić information content (AvgIpc) is 2.45. The van der Waals surface area contributed by atoms with Gasteiger partial charge in [0.05, 0.1) is 6.61 Å². The number of ether oxygens (including phenoxy) is 1. The molecule has 0 amide bonds. The number of rotatable bonds is 4. The van der Waals surface area contributed by atoms with Gasteiger partial charge >= 0.3 is 5.97 Å². The molecule has 21 heavy (non-hydrogen) atoms. The Labute approximate surface area is 121 Å². The SMILES string of the molecule is CCOC(=O)c1cn(Cc2ccc(F)cc2)cc(C)c1=O. The number of aromatic nitrogens is 1. The van der Waals surface area contributed by atoms with Gasteiger partial charge in [-0.25, -0.2) is 9.18 Å². The third-order valence-electron chi connectivity index (χ3n) is 3.03. The first-order valence-corrected chi connectivity index (χ1v) is 6.63. The van der Waals surface area contributed by atoms with Crippen LogP contribution < -0.4 is 5.43 Å². The van der Waals surface area contributed by atoms with Crippen molar-refractivity contribution in [2.24, 2.45) is 0 Å². The van der Waals surface area contributed by atoms with Crippen LogP contribution in [0.25, 0.3) is 0 Å². The molecule has 0 aliphatic carbocycles. The molecule has 0 fully saturated rings. The fourth-order valence-corrected chi connectivity index (χ4v) is 2.03. The number of halogens is 1. The maximum absolute atomic E-state index is 12.9. The predicted octanol–water partition coefficient (Wildman–Crippen LogP) is 2.52. The van der Waals surface area contributed by atoms with Crippen LogP contribution in [0.1, 0.15) is 28.4 Å². The lowest BCUT2D eigenvalue weighted by Crippen LogP contribution is -2.22. The lowest BCUT2D eigenvalue weighted by atomic mass is 10.1. The second-order valence-electron chi connectivity index (χ2n) is 4.70. The highest BCUT2D eigenvalue weighted by atomic mass is 19.1. The number of carbonyl (C=O) groups is 1. The molecule has 0 spiro atoms. The summed E-state index contributed by atoms with van der Waals surface area (Å²) >= 11 is 0. The zero-order valence-corrected chi connectivity index (χ0v) is 11.9. The van der Waals surface area contributed by atoms with Crippen LogP contribution in [0.5, 0.6) is 0 Å². The Morgan fingerprint density at radius 3 is 2.52 bits per heavy atom. The van der Waals surface area contributed by atoms with Crippen LogP contribution in [0.15, 0.2) is 41.5 Å². The van der Waals surface area contributed by atoms with Gasteiger partial charge in [0.2, 0.25) is 0 Å². The second kappa shape index (κ2) is 6.35. The van der Waals surface area contributed by atoms with E-state index in [2.05, 4.69) is 0 Å². The van der Waals surface area contributed by atoms with E-state index in [-0.39, 0.29) is 23.4 Å². The van der Waals surface area contributed by atoms with Crippen LogP contribution in [0.3, 0.4) is 0 Å². The molecule has 0 N–H and O–H groups in total. The minimum Gasteiger partial charge on any atom is -0.462 e. The molecule has 0 atom stereocenters. The van der Waals surface area contributed by atoms with Crippen molar-refractivity contribution >= 4 is 5.97 Å². The summed E-state index contributed by atoms with van der Waals surface area (Å²) in [6, 6.07) is 6.06. The summed E-state index contributed by atoms with van der Waals surface area (Å²) in [4.78, 5) is 23.8. The van der Waals surface area contributed by atoms with Crippen LogP contribution in [0.4, 0.5) is 4.39 Å². The van der Waals surface area contributed by atoms with Crippen molar-refractivity contribution in [1.82, 2.24) is 4.57 Å². The van der Waals surface area contributed by atoms with Crippen LogP contribution in [-0.2, 0) is 11.3 Å². The number of esters is 1. The van der Waals surface area contributed by atoms with E-state index in [0.717, 1.165) is 5.56 Å². The Bertz CT molecular complexity index is 704. The molecule has 2 aromatic rings. The number of benzene rings is 1. The van der Waals surface area contributed by atoms with Crippen LogP contribution in [0.2, 0.25) is 0 Å². The van der Waals surface area contributed by atoms with Crippen LogP contribution in [0, 0.1) is 12.7 Å². The summed E-state index contributed by atoms with van der Waals surface area (Å²) in [5.41, 5.74) is 1.01. The maximum atomic E-state index is 12.9. The minimum atomic E-state index is -0.626. The average molecular weight is 289 g/mol. The number of pyridine rings is 1. The molecule has 4 nitrogen and oxygen atoms in total. The van der Waals surface area contributed by atoms with Gasteiger partial charge in [-0.05, 0) is 31.5 Å². The minimum absolute atomic E-state index is 0.0129. The van der Waals surface area contributed by atoms with Crippen molar-refractivity contribution in [3.8, 4) is 0 Å². The van der Waals surface area contributed by atoms with Gasteiger partial charge in [-0.1, -0.05) is 12.1 Å². The molecule has 5 heteroatoms. The van der Waals surface area contributed by atoms with Gasteiger partial charge in [-0.2, -0.15) is 0 Å². The highest BCUT2D eigenvalue weighted by Gasteiger charge is 2.14. The molecule has 0 saturated carbocycles. The summed E-state index contributed by atoms with van der Waals surface area (Å²) in [5.74, 6) is -0.930. The van der Waals surface area contributed by atoms with Crippen molar-refractivity contribution in [3.63, 3.8) is 0 Å². The fourth-order valence-electron chi connectivity index (χ4n) is 2.03. The van der Waals surface area contributed by atoms with Gasteiger partial charge in [0.25, 0.3) is 0 Å². The molecule has 0 unspecified atom stereocenters. The number of aryl methyl sites for hydroxylation is 1. The summed E-state index contributed by atoms with van der Waals surface area (Å²) in [7, 11) is 0. The normalized spacial score (nSPS) is 10.4. The second-order valence-corrected chi connectivity index (χ2v) is 4.70. The standard InChI is InChI=1S/C16H16FNO3/c1-3-21-16(20)14-10-18(8-11(2)15(14)19)9-12-4-6-13(17)7-5-12/h4-8,10H,3,9H2,1-2H3. The monoisotopic (exact) mass is 289 g/mol. The molecule has 0 bridgehead atoms. The van der Waals surface area contributed by atoms with Crippen molar-refractivity contribution < 1.29 is 13.9 Å². The first kappa shape index (κ1) is 15.0. The van der Waals surface area contributed by atoms with E-state index in [0.29, 0.717) is 12.1 Å². The highest BCUT2D eigenvalue weighted by molar-refractivity contribution is 5.89. The summed E-state index contributed by atoms with van der Waals surface area (Å²) in [5, 5.41) is 0. The Kier molecular flexibility index (Phi) is 4.52. The summed E-state index contributed by atoms with van der Waals surface area (Å²) < 4.78 is 19.5. The van der Waals surface area contributed by atoms with E-state index in [1.807, 2.05) is 0 Å². The summed E-state index contributed by atoms with van der Waals surface area (Å²) in [6.07, 6.45) is 3.13. The van der Waals surface area contributed by atoms with E-state index < -0.39 is 5.97 Å². The first-order valence-electron chi connectivity index (χ1n) is 6.63. The van der Waals surface area contributed by atoms with E-state index in [9.17, 15) is 14.0 Å². The Morgan fingerprint density at radius 1 is 1.24 bits per heavy atom. The highest BCUT2D eigenvalue weighted by Crippen LogP contribution is 2.07. The Morgan fingerprint density at radius 2 is 1.90 bits per heavy atom. The van der Waals surface area contributed by atoms with Gasteiger partial charge in [0, 0.05) is 24.5 Å². The Hall–Kier alpha value is -2.43. The quantitative estimate of drug-likeness (QED) is 0.813. The number of hydrogen-bond acceptors (Lipinski definition) is 3. The van der Waals surface area contributed by atoms with Crippen LogP contribution >= 0.6 is 0 Å². The molecule has 0 radical (unpaired) electrons. The number of carbonyl (C=O) groups excluding carboxylic acids is 1. The van der Waals surface area contributed by atoms with E-state index in [4.69, 9.17) is 4.74 Å². The lowest BCUT2D eigenvalue weighted by molar-refractivity contribution is 0.0523. The molecule has 0 aliphatic rings. The molecule has 1 aromatic heterocycles. The fraction of sp³-hybridized carbons (Fsp3) is 0.250. The van der Waals surface area contributed by atoms with Gasteiger partial charge in [0.1, 0.15) is 11.4 Å². The molecule has 0 aliphatic heterocycles. The van der Waals surface area contributed by atoms with Crippen molar-refractivity contribution in [2.75, 3.05) is 6.61 Å². The topological polar surface area (TPSA) is 48.3 Å². The number of hydrogen-bond donors (Lipinski definition) is 0. The van der Waals surface area contributed by atoms with Crippen molar-refractivity contribution in [3.05, 3.63) is 69.4 Å². The zero-order valence-electron chi connectivity index (χ0n) is 11.9. The Balaban J connectivity index is 2.34. The molecule has 0 saturated heterocycles. The first-order chi connectivity index (χ1) is 10.0. The van der Waals surface area contributed by atoms with Crippen LogP contribution in [-0.4, -0.2) is 17.1 Å². The van der Waals surface area contributed by atoms with Gasteiger partial charge in [-0.3, -0.25) is 4.79 Å². The maximum Gasteiger partial charge on any atom is 0.343 e. The van der Waals surface area contributed by atoms with Crippen molar-refractivity contribution in [1.29, 1.82) is 0 Å². The van der Waals surface area contributed by atoms with Gasteiger partial charge in [0.15, 0.2) is 5.43 Å². The zero-order chi connectivity index (χ0) is 15.4. The third-order valence-corrected chi connectivity index (χ3v) is 3.03. The molecule has 2 rings (SSSR count). The largest absolute Gasteiger partial charge is 0.462 e. The predicted molar refractivity (Wildman–Crippen MR) is 76.9 cm³/mol. The van der Waals surface area contributed by atoms with Gasteiger partial charge in [-0.15, -0.1) is 0 Å². The smallest absolute Gasteiger partial charge is 0.343 e. The molecule has 1 heterocycles. The van der Waals surface area contributed by atoms with Gasteiger partial charge < -0.3 is 9.30 Å². The van der Waals surface area contributed by atoms with E-state index in [1.165, 1.54) is 18.3 Å². The van der Waals surface area contributed by atoms with Crippen molar-refractivity contribution in [2.45, 2.75) is 20.4 Å². The molecular formula is C16H16FNO3. The third kappa shape index (κ3) is 3.56.